The van der Waals surface area contributed by atoms with Gasteiger partial charge in [-0.25, -0.2) is 3.71 Å². The first-order valence-electron chi connectivity index (χ1n) is 10.3. The highest BCUT2D eigenvalue weighted by molar-refractivity contribution is 8.13. The van der Waals surface area contributed by atoms with Crippen molar-refractivity contribution in [3.63, 3.8) is 0 Å². The molecule has 27 heavy (non-hydrogen) atoms. The van der Waals surface area contributed by atoms with Gasteiger partial charge in [-0.1, -0.05) is 102 Å². The van der Waals surface area contributed by atoms with Crippen LogP contribution in [0.1, 0.15) is 95.9 Å². The number of hydrogen-bond acceptors (Lipinski definition) is 6. The lowest BCUT2D eigenvalue weighted by molar-refractivity contribution is 0.626. The second-order valence-electron chi connectivity index (χ2n) is 6.68. The fraction of sp³-hybridized carbons (Fsp3) is 0.842. The topological polar surface area (TPSA) is 31.9 Å². The van der Waals surface area contributed by atoms with Crippen LogP contribution >= 0.6 is 59.7 Å². The Morgan fingerprint density at radius 2 is 1.37 bits per heavy atom. The van der Waals surface area contributed by atoms with Gasteiger partial charge in [-0.15, -0.1) is 0 Å². The van der Waals surface area contributed by atoms with Crippen LogP contribution in [-0.4, -0.2) is 30.4 Å². The molecule has 156 valence electrons. The average Bonchev–Trinajstić information content (AvgIpc) is 3.10. The van der Waals surface area contributed by atoms with Crippen LogP contribution in [-0.2, 0) is 0 Å². The van der Waals surface area contributed by atoms with Crippen LogP contribution in [0.2, 0.25) is 0 Å². The summed E-state index contributed by atoms with van der Waals surface area (Å²) in [5.74, 6) is 2.23. The molecule has 1 heterocycles. The van der Waals surface area contributed by atoms with Crippen LogP contribution < -0.4 is 0 Å². The summed E-state index contributed by atoms with van der Waals surface area (Å²) in [7, 11) is 0. The zero-order chi connectivity index (χ0) is 19.7. The molecule has 0 spiro atoms. The maximum atomic E-state index is 5.69. The van der Waals surface area contributed by atoms with Gasteiger partial charge in [-0.2, -0.15) is 5.10 Å². The first-order valence-corrected chi connectivity index (χ1v) is 13.9. The van der Waals surface area contributed by atoms with Crippen LogP contribution in [0.15, 0.2) is 0 Å². The molecule has 0 aliphatic heterocycles. The summed E-state index contributed by atoms with van der Waals surface area (Å²) in [5, 5.41) is 7.95. The van der Waals surface area contributed by atoms with Gasteiger partial charge in [0.25, 0.3) is 0 Å². The predicted molar refractivity (Wildman–Crippen MR) is 133 cm³/mol. The normalized spacial score (nSPS) is 11.0. The van der Waals surface area contributed by atoms with Crippen molar-refractivity contribution in [3.05, 3.63) is 8.96 Å². The summed E-state index contributed by atoms with van der Waals surface area (Å²) in [4.78, 5) is 0.805. The van der Waals surface area contributed by atoms with E-state index in [9.17, 15) is 0 Å². The summed E-state index contributed by atoms with van der Waals surface area (Å²) >= 11 is 16.0. The van der Waals surface area contributed by atoms with E-state index in [0.29, 0.717) is 3.95 Å². The van der Waals surface area contributed by atoms with Crippen molar-refractivity contribution in [2.24, 2.45) is 0 Å². The number of thiocarbonyl (C=S) groups is 1. The third-order valence-corrected chi connectivity index (χ3v) is 8.44. The fourth-order valence-electron chi connectivity index (χ4n) is 2.61. The van der Waals surface area contributed by atoms with Gasteiger partial charge in [0.1, 0.15) is 0 Å². The fourth-order valence-corrected chi connectivity index (χ4v) is 6.19. The van der Waals surface area contributed by atoms with E-state index in [1.54, 1.807) is 0 Å². The molecule has 0 aliphatic rings. The molecular weight excluding hydrogens is 431 g/mol. The van der Waals surface area contributed by atoms with E-state index in [1.807, 2.05) is 23.9 Å². The van der Waals surface area contributed by atoms with Crippen molar-refractivity contribution in [2.75, 3.05) is 11.5 Å². The van der Waals surface area contributed by atoms with Crippen molar-refractivity contribution in [1.29, 1.82) is 0 Å². The van der Waals surface area contributed by atoms with Crippen LogP contribution in [0.5, 0.6) is 0 Å². The summed E-state index contributed by atoms with van der Waals surface area (Å²) in [6.45, 7) is 4.53. The zero-order valence-electron chi connectivity index (χ0n) is 16.8. The van der Waals surface area contributed by atoms with E-state index in [4.69, 9.17) is 24.4 Å². The van der Waals surface area contributed by atoms with Crippen molar-refractivity contribution in [3.8, 4) is 0 Å². The highest BCUT2D eigenvalue weighted by Crippen LogP contribution is 2.28. The molecule has 3 nitrogen and oxygen atoms in total. The van der Waals surface area contributed by atoms with Crippen molar-refractivity contribution < 1.29 is 0 Å². The highest BCUT2D eigenvalue weighted by atomic mass is 32.2. The monoisotopic (exact) mass is 465 g/mol. The Bertz CT molecular complexity index is 525. The van der Waals surface area contributed by atoms with Crippen LogP contribution in [0, 0.1) is 3.95 Å². The lowest BCUT2D eigenvalue weighted by Crippen LogP contribution is -2.17. The van der Waals surface area contributed by atoms with Crippen LogP contribution in [0.3, 0.4) is 0 Å². The van der Waals surface area contributed by atoms with Gasteiger partial charge in [-0.05, 0) is 49.0 Å². The molecule has 0 radical (unpaired) electrons. The molecule has 0 amide bonds. The van der Waals surface area contributed by atoms with E-state index >= 15 is 0 Å². The Morgan fingerprint density at radius 1 is 0.889 bits per heavy atom. The van der Waals surface area contributed by atoms with Gasteiger partial charge in [0.15, 0.2) is 14.0 Å². The SMILES string of the molecule is CCCCCCCCSN(SCCCCCCCC)C(=S)c1n[nH]c(=S)s1. The molecule has 1 aromatic rings. The van der Waals surface area contributed by atoms with E-state index in [-0.39, 0.29) is 0 Å². The number of H-pyrrole nitrogens is 1. The largest absolute Gasteiger partial charge is 0.258 e. The number of rotatable bonds is 17. The quantitative estimate of drug-likeness (QED) is 0.142. The molecule has 0 fully saturated rings. The van der Waals surface area contributed by atoms with E-state index < -0.39 is 0 Å². The van der Waals surface area contributed by atoms with E-state index in [2.05, 4.69) is 27.8 Å². The molecule has 1 N–H and O–H groups in total. The van der Waals surface area contributed by atoms with E-state index in [1.165, 1.54) is 88.4 Å². The summed E-state index contributed by atoms with van der Waals surface area (Å²) in [6.07, 6.45) is 15.9. The predicted octanol–water partition coefficient (Wildman–Crippen LogP) is 8.20. The first kappa shape index (κ1) is 25.4. The number of nitrogens with zero attached hydrogens (tertiary/aromatic N) is 2. The third-order valence-electron chi connectivity index (χ3n) is 4.20. The number of aromatic amines is 1. The van der Waals surface area contributed by atoms with Gasteiger partial charge in [0.2, 0.25) is 0 Å². The summed E-state index contributed by atoms with van der Waals surface area (Å²) in [5.41, 5.74) is 0. The van der Waals surface area contributed by atoms with Gasteiger partial charge in [0, 0.05) is 11.5 Å². The average molecular weight is 466 g/mol. The molecule has 8 heteroatoms. The van der Waals surface area contributed by atoms with Gasteiger partial charge < -0.3 is 0 Å². The Hall–Kier alpha value is 0.370. The molecule has 1 rings (SSSR count). The minimum absolute atomic E-state index is 0.689. The van der Waals surface area contributed by atoms with Crippen molar-refractivity contribution in [1.82, 2.24) is 13.9 Å². The van der Waals surface area contributed by atoms with Crippen LogP contribution in [0.4, 0.5) is 0 Å². The summed E-state index contributed by atoms with van der Waals surface area (Å²) in [6, 6.07) is 0. The molecule has 1 aromatic heterocycles. The molecule has 0 bridgehead atoms. The minimum Gasteiger partial charge on any atom is -0.258 e. The third kappa shape index (κ3) is 12.5. The Kier molecular flexibility index (Phi) is 16.2. The Morgan fingerprint density at radius 3 is 1.81 bits per heavy atom. The Labute approximate surface area is 189 Å². The van der Waals surface area contributed by atoms with Gasteiger partial charge in [-0.3, -0.25) is 5.10 Å². The second kappa shape index (κ2) is 17.2. The van der Waals surface area contributed by atoms with Gasteiger partial charge >= 0.3 is 0 Å². The molecule has 0 saturated carbocycles. The van der Waals surface area contributed by atoms with Crippen LogP contribution in [0.25, 0.3) is 0 Å². The molecule has 0 aromatic carbocycles. The second-order valence-corrected chi connectivity index (χ2v) is 11.0. The highest BCUT2D eigenvalue weighted by Gasteiger charge is 2.16. The smallest absolute Gasteiger partial charge is 0.176 e. The van der Waals surface area contributed by atoms with Gasteiger partial charge in [0.05, 0.1) is 0 Å². The maximum absolute atomic E-state index is 5.69. The number of unbranched alkanes of at least 4 members (excludes halogenated alkanes) is 10. The molecule has 0 atom stereocenters. The number of hydrogen-bond donors (Lipinski definition) is 1. The summed E-state index contributed by atoms with van der Waals surface area (Å²) < 4.78 is 2.89. The molecule has 0 unspecified atom stereocenters. The number of nitrogens with one attached hydrogen (secondary N) is 1. The lowest BCUT2D eigenvalue weighted by atomic mass is 10.1. The molecule has 0 aliphatic carbocycles. The first-order chi connectivity index (χ1) is 13.2. The lowest BCUT2D eigenvalue weighted by Gasteiger charge is -2.21. The molecule has 0 saturated heterocycles. The molecular formula is C19H35N3S5. The minimum atomic E-state index is 0.689. The zero-order valence-corrected chi connectivity index (χ0v) is 20.9. The maximum Gasteiger partial charge on any atom is 0.176 e. The van der Waals surface area contributed by atoms with Crippen molar-refractivity contribution >= 4 is 64.7 Å². The van der Waals surface area contributed by atoms with E-state index in [0.717, 1.165) is 21.5 Å². The van der Waals surface area contributed by atoms with Crippen molar-refractivity contribution in [2.45, 2.75) is 90.9 Å². The Balaban J connectivity index is 2.35. The standard InChI is InChI=1S/C19H35N3S5/c1-3-5-7-9-11-13-15-25-22(18(23)17-20-21-19(24)27-17)26-16-14-12-10-8-6-4-2/h3-16H2,1-2H3,(H,21,24). The number of aromatic nitrogens is 2.